The van der Waals surface area contributed by atoms with Crippen LogP contribution in [0.2, 0.25) is 0 Å². The van der Waals surface area contributed by atoms with Crippen LogP contribution in [0.1, 0.15) is 16.2 Å². The molecule has 260 valence electrons. The second-order valence-electron chi connectivity index (χ2n) is 11.5. The molecule has 3 aromatic carbocycles. The maximum atomic E-state index is 12.7. The van der Waals surface area contributed by atoms with Crippen molar-refractivity contribution in [3.8, 4) is 22.8 Å². The molecule has 0 atom stereocenters. The van der Waals surface area contributed by atoms with Gasteiger partial charge in [0.25, 0.3) is 0 Å². The first-order valence-corrected chi connectivity index (χ1v) is 16.4. The van der Waals surface area contributed by atoms with Gasteiger partial charge in [0.15, 0.2) is 11.7 Å². The van der Waals surface area contributed by atoms with Gasteiger partial charge in [-0.3, -0.25) is 0 Å². The predicted octanol–water partition coefficient (Wildman–Crippen LogP) is 7.76. The third kappa shape index (κ3) is 7.78. The summed E-state index contributed by atoms with van der Waals surface area (Å²) in [6.07, 6.45) is -3.14. The molecule has 6 aromatic rings. The van der Waals surface area contributed by atoms with Gasteiger partial charge in [-0.15, -0.1) is 41.5 Å². The molecular weight excluding hydrogens is 735 g/mol. The molecule has 50 heavy (non-hydrogen) atoms. The first kappa shape index (κ1) is 35.0. The van der Waals surface area contributed by atoms with Gasteiger partial charge in [-0.1, -0.05) is 47.6 Å². The number of ether oxygens (including phenoxy) is 2. The first-order valence-electron chi connectivity index (χ1n) is 15.6. The molecule has 0 saturated carbocycles. The SMILES string of the molecule is Br.COc1ccc2ccccc2c1-c1cc(CNC(=NCc2ccc(OC(F)(F)F)cc2)N2CCN(c3ncnc4sc(C)cc34)CC2)on1. The molecule has 0 aliphatic carbocycles. The second-order valence-corrected chi connectivity index (χ2v) is 12.7. The molecule has 1 saturated heterocycles. The average molecular weight is 769 g/mol. The minimum absolute atomic E-state index is 0. The molecule has 0 radical (unpaired) electrons. The van der Waals surface area contributed by atoms with Gasteiger partial charge in [-0.25, -0.2) is 15.0 Å². The number of hydrogen-bond acceptors (Lipinski definition) is 9. The lowest BCUT2D eigenvalue weighted by atomic mass is 10.0. The number of guanidine groups is 1. The summed E-state index contributed by atoms with van der Waals surface area (Å²) in [5.74, 6) is 2.56. The summed E-state index contributed by atoms with van der Waals surface area (Å²) in [7, 11) is 1.63. The number of hydrogen-bond donors (Lipinski definition) is 1. The Hall–Kier alpha value is -4.89. The van der Waals surface area contributed by atoms with Gasteiger partial charge < -0.3 is 29.1 Å². The summed E-state index contributed by atoms with van der Waals surface area (Å²) in [6.45, 7) is 5.34. The van der Waals surface area contributed by atoms with Crippen molar-refractivity contribution in [1.82, 2.24) is 25.3 Å². The van der Waals surface area contributed by atoms with E-state index in [1.165, 1.54) is 17.0 Å². The number of anilines is 1. The van der Waals surface area contributed by atoms with E-state index in [1.807, 2.05) is 42.5 Å². The number of alkyl halides is 3. The van der Waals surface area contributed by atoms with Crippen LogP contribution in [0.3, 0.4) is 0 Å². The normalized spacial score (nSPS) is 13.8. The van der Waals surface area contributed by atoms with Gasteiger partial charge in [0.05, 0.1) is 31.1 Å². The Morgan fingerprint density at radius 3 is 2.52 bits per heavy atom. The number of aromatic nitrogens is 3. The zero-order chi connectivity index (χ0) is 34.0. The minimum atomic E-state index is -4.75. The number of piperazine rings is 1. The van der Waals surface area contributed by atoms with E-state index in [1.54, 1.807) is 36.9 Å². The van der Waals surface area contributed by atoms with Crippen LogP contribution in [-0.4, -0.2) is 65.6 Å². The largest absolute Gasteiger partial charge is 0.573 e. The Bertz CT molecular complexity index is 2110. The fourth-order valence-corrected chi connectivity index (χ4v) is 6.78. The van der Waals surface area contributed by atoms with E-state index in [2.05, 4.69) is 48.0 Å². The van der Waals surface area contributed by atoms with E-state index in [0.717, 1.165) is 37.9 Å². The number of aryl methyl sites for hydroxylation is 1. The molecule has 0 amide bonds. The highest BCUT2D eigenvalue weighted by atomic mass is 79.9. The van der Waals surface area contributed by atoms with Crippen LogP contribution >= 0.6 is 28.3 Å². The maximum Gasteiger partial charge on any atom is 0.573 e. The van der Waals surface area contributed by atoms with Crippen molar-refractivity contribution in [1.29, 1.82) is 0 Å². The summed E-state index contributed by atoms with van der Waals surface area (Å²) in [5.41, 5.74) is 2.23. The molecular formula is C35H33BrF3N7O3S. The van der Waals surface area contributed by atoms with Crippen LogP contribution in [0.25, 0.3) is 32.2 Å². The monoisotopic (exact) mass is 767 g/mol. The lowest BCUT2D eigenvalue weighted by Crippen LogP contribution is -2.52. The zero-order valence-electron chi connectivity index (χ0n) is 27.1. The number of thiophene rings is 1. The molecule has 1 aliphatic rings. The molecule has 1 aliphatic heterocycles. The molecule has 1 N–H and O–H groups in total. The number of nitrogens with one attached hydrogen (secondary N) is 1. The molecule has 10 nitrogen and oxygen atoms in total. The minimum Gasteiger partial charge on any atom is -0.496 e. The molecule has 15 heteroatoms. The van der Waals surface area contributed by atoms with Crippen LogP contribution in [0.4, 0.5) is 19.0 Å². The molecule has 1 fully saturated rings. The van der Waals surface area contributed by atoms with Gasteiger partial charge >= 0.3 is 6.36 Å². The Kier molecular flexibility index (Phi) is 10.4. The maximum absolute atomic E-state index is 12.7. The summed E-state index contributed by atoms with van der Waals surface area (Å²) >= 11 is 1.65. The second kappa shape index (κ2) is 14.9. The number of fused-ring (bicyclic) bond motifs is 2. The van der Waals surface area contributed by atoms with E-state index in [0.29, 0.717) is 55.9 Å². The average Bonchev–Trinajstić information content (AvgIpc) is 3.73. The van der Waals surface area contributed by atoms with Gasteiger partial charge in [0, 0.05) is 37.1 Å². The lowest BCUT2D eigenvalue weighted by molar-refractivity contribution is -0.274. The van der Waals surface area contributed by atoms with E-state index in [9.17, 15) is 13.2 Å². The Balaban J connectivity index is 0.00000432. The number of halogens is 4. The quantitative estimate of drug-likeness (QED) is 0.123. The molecule has 7 rings (SSSR count). The number of benzene rings is 3. The van der Waals surface area contributed by atoms with Gasteiger partial charge in [-0.2, -0.15) is 0 Å². The van der Waals surface area contributed by atoms with Gasteiger partial charge in [-0.05, 0) is 47.5 Å². The van der Waals surface area contributed by atoms with Crippen molar-refractivity contribution in [2.75, 3.05) is 38.2 Å². The molecule has 3 aromatic heterocycles. The lowest BCUT2D eigenvalue weighted by Gasteiger charge is -2.37. The number of methoxy groups -OCH3 is 1. The van der Waals surface area contributed by atoms with Crippen molar-refractivity contribution < 1.29 is 27.2 Å². The standard InChI is InChI=1S/C35H32F3N7O3S.BrH/c1-22-17-28-32(41-21-42-33(28)49-22)44-13-15-45(16-14-44)34(39-19-23-7-10-25(11-8-23)47-35(36,37)38)40-20-26-18-29(43-48-26)31-27-6-4-3-5-24(27)9-12-30(31)46-2;/h3-12,17-18,21H,13-16,19-20H2,1-2H3,(H,39,40);1H. The van der Waals surface area contributed by atoms with E-state index < -0.39 is 6.36 Å². The number of nitrogens with zero attached hydrogens (tertiary/aromatic N) is 6. The van der Waals surface area contributed by atoms with Crippen LogP contribution < -0.4 is 19.7 Å². The van der Waals surface area contributed by atoms with E-state index in [-0.39, 0.29) is 29.3 Å². The highest BCUT2D eigenvalue weighted by molar-refractivity contribution is 8.93. The summed E-state index contributed by atoms with van der Waals surface area (Å²) < 4.78 is 53.4. The van der Waals surface area contributed by atoms with Gasteiger partial charge in [0.2, 0.25) is 0 Å². The number of rotatable bonds is 8. The molecule has 0 unspecified atom stereocenters. The summed E-state index contributed by atoms with van der Waals surface area (Å²) in [5, 5.41) is 10.9. The van der Waals surface area contributed by atoms with Crippen molar-refractivity contribution >= 4 is 61.1 Å². The Morgan fingerprint density at radius 2 is 1.76 bits per heavy atom. The highest BCUT2D eigenvalue weighted by Gasteiger charge is 2.31. The smallest absolute Gasteiger partial charge is 0.496 e. The fraction of sp³-hybridized carbons (Fsp3) is 0.257. The molecule has 0 spiro atoms. The first-order chi connectivity index (χ1) is 23.7. The topological polar surface area (TPSA) is 101 Å². The van der Waals surface area contributed by atoms with Crippen LogP contribution in [0.15, 0.2) is 88.6 Å². The van der Waals surface area contributed by atoms with Crippen molar-refractivity contribution in [3.63, 3.8) is 0 Å². The molecule has 0 bridgehead atoms. The summed E-state index contributed by atoms with van der Waals surface area (Å²) in [4.78, 5) is 20.5. The molecule has 4 heterocycles. The van der Waals surface area contributed by atoms with E-state index in [4.69, 9.17) is 14.3 Å². The van der Waals surface area contributed by atoms with E-state index >= 15 is 0 Å². The third-order valence-corrected chi connectivity index (χ3v) is 9.18. The van der Waals surface area contributed by atoms with Crippen molar-refractivity contribution in [2.45, 2.75) is 26.4 Å². The Labute approximate surface area is 300 Å². The van der Waals surface area contributed by atoms with Crippen molar-refractivity contribution in [3.05, 3.63) is 95.3 Å². The third-order valence-electron chi connectivity index (χ3n) is 8.23. The van der Waals surface area contributed by atoms with Crippen LogP contribution in [-0.2, 0) is 13.1 Å². The van der Waals surface area contributed by atoms with Crippen LogP contribution in [0.5, 0.6) is 11.5 Å². The predicted molar refractivity (Wildman–Crippen MR) is 193 cm³/mol. The fourth-order valence-electron chi connectivity index (χ4n) is 5.94. The Morgan fingerprint density at radius 1 is 0.980 bits per heavy atom. The summed E-state index contributed by atoms with van der Waals surface area (Å²) in [6, 6.07) is 21.7. The van der Waals surface area contributed by atoms with Gasteiger partial charge in [0.1, 0.15) is 34.2 Å². The zero-order valence-corrected chi connectivity index (χ0v) is 29.6. The van der Waals surface area contributed by atoms with Crippen molar-refractivity contribution in [2.24, 2.45) is 4.99 Å². The highest BCUT2D eigenvalue weighted by Crippen LogP contribution is 2.37. The number of aliphatic imine (C=N–C) groups is 1. The van der Waals surface area contributed by atoms with Crippen LogP contribution in [0, 0.1) is 6.92 Å².